The Hall–Kier alpha value is -1.90. The molecule has 7 nitrogen and oxygen atoms in total. The van der Waals surface area contributed by atoms with Crippen LogP contribution in [0.1, 0.15) is 17.3 Å². The Morgan fingerprint density at radius 2 is 1.76 bits per heavy atom. The summed E-state index contributed by atoms with van der Waals surface area (Å²) in [4.78, 5) is 21.6. The molecular formula is C9H11BNO6-. The number of hydrogen-bond acceptors (Lipinski definition) is 5. The molecular weight excluding hydrogens is 229 g/mol. The molecule has 5 N–H and O–H groups in total. The van der Waals surface area contributed by atoms with Crippen molar-refractivity contribution in [1.29, 1.82) is 0 Å². The lowest BCUT2D eigenvalue weighted by molar-refractivity contribution is -0.114. The van der Waals surface area contributed by atoms with Crippen LogP contribution in [0.2, 0.25) is 0 Å². The third-order valence-electron chi connectivity index (χ3n) is 1.97. The summed E-state index contributed by atoms with van der Waals surface area (Å²) in [5, 5.41) is 38.1. The van der Waals surface area contributed by atoms with Crippen LogP contribution in [0.15, 0.2) is 18.2 Å². The molecule has 8 heteroatoms. The van der Waals surface area contributed by atoms with Crippen LogP contribution in [0.4, 0.5) is 5.69 Å². The highest BCUT2D eigenvalue weighted by Crippen LogP contribution is 2.11. The molecule has 1 rings (SSSR count). The number of carbonyl (C=O) groups excluding carboxylic acids is 1. The minimum atomic E-state index is -3.82. The summed E-state index contributed by atoms with van der Waals surface area (Å²) in [5.74, 6) is -1.77. The normalized spacial score (nSPS) is 11.1. The molecule has 0 saturated carbocycles. The monoisotopic (exact) mass is 240 g/mol. The van der Waals surface area contributed by atoms with Crippen molar-refractivity contribution in [2.24, 2.45) is 0 Å². The Morgan fingerprint density at radius 1 is 1.18 bits per heavy atom. The predicted octanol–water partition coefficient (Wildman–Crippen LogP) is -1.53. The number of amides is 1. The molecule has 0 saturated heterocycles. The average Bonchev–Trinajstić information content (AvgIpc) is 2.14. The van der Waals surface area contributed by atoms with E-state index in [0.29, 0.717) is 0 Å². The summed E-state index contributed by atoms with van der Waals surface area (Å²) >= 11 is 0. The number of anilines is 1. The van der Waals surface area contributed by atoms with Crippen LogP contribution in [0.5, 0.6) is 0 Å². The van der Waals surface area contributed by atoms with Crippen LogP contribution in [0.25, 0.3) is 0 Å². The molecule has 0 aromatic heterocycles. The van der Waals surface area contributed by atoms with Gasteiger partial charge in [0.15, 0.2) is 0 Å². The number of carboxylic acids is 1. The maximum atomic E-state index is 10.8. The topological polar surface area (TPSA) is 127 Å². The predicted molar refractivity (Wildman–Crippen MR) is 59.7 cm³/mol. The third kappa shape index (κ3) is 3.56. The molecule has 0 aliphatic heterocycles. The Labute approximate surface area is 96.3 Å². The maximum absolute atomic E-state index is 10.8. The number of carbonyl (C=O) groups is 2. The fourth-order valence-corrected chi connectivity index (χ4v) is 1.27. The molecule has 0 aliphatic carbocycles. The number of rotatable bonds is 3. The van der Waals surface area contributed by atoms with Gasteiger partial charge in [0, 0.05) is 12.6 Å². The molecule has 0 spiro atoms. The number of carboxylic acid groups (broad SMARTS) is 1. The van der Waals surface area contributed by atoms with Crippen molar-refractivity contribution >= 4 is 29.8 Å². The standard InChI is InChI=1S/C9H11BNO6/c1-5(12)11-8-3-6(9(13)14)2-7(4-8)10(15,16)17/h2-4,15-17H,1H3,(H,11,12)(H,13,14)/q-1. The highest BCUT2D eigenvalue weighted by atomic mass is 16.5. The minimum Gasteiger partial charge on any atom is -0.556 e. The van der Waals surface area contributed by atoms with E-state index < -0.39 is 24.1 Å². The molecule has 1 aromatic rings. The van der Waals surface area contributed by atoms with E-state index in [4.69, 9.17) is 20.2 Å². The van der Waals surface area contributed by atoms with Crippen molar-refractivity contribution in [2.45, 2.75) is 6.92 Å². The van der Waals surface area contributed by atoms with Crippen molar-refractivity contribution in [3.05, 3.63) is 23.8 Å². The van der Waals surface area contributed by atoms with Gasteiger partial charge in [0.25, 0.3) is 0 Å². The first-order valence-electron chi connectivity index (χ1n) is 4.68. The van der Waals surface area contributed by atoms with Crippen LogP contribution in [0.3, 0.4) is 0 Å². The van der Waals surface area contributed by atoms with Crippen LogP contribution < -0.4 is 10.8 Å². The Morgan fingerprint density at radius 3 is 2.18 bits per heavy atom. The fraction of sp³-hybridized carbons (Fsp3) is 0.111. The van der Waals surface area contributed by atoms with E-state index in [1.165, 1.54) is 6.92 Å². The van der Waals surface area contributed by atoms with Crippen molar-refractivity contribution in [2.75, 3.05) is 5.32 Å². The molecule has 0 atom stereocenters. The van der Waals surface area contributed by atoms with Gasteiger partial charge in [-0.1, -0.05) is 12.1 Å². The smallest absolute Gasteiger partial charge is 0.402 e. The van der Waals surface area contributed by atoms with Crippen molar-refractivity contribution in [3.63, 3.8) is 0 Å². The van der Waals surface area contributed by atoms with Gasteiger partial charge in [-0.3, -0.25) is 4.79 Å². The van der Waals surface area contributed by atoms with Gasteiger partial charge >= 0.3 is 12.7 Å². The highest BCUT2D eigenvalue weighted by molar-refractivity contribution is 6.71. The van der Waals surface area contributed by atoms with E-state index in [2.05, 4.69) is 5.32 Å². The molecule has 0 radical (unpaired) electrons. The van der Waals surface area contributed by atoms with Crippen molar-refractivity contribution in [3.8, 4) is 0 Å². The second-order valence-electron chi connectivity index (χ2n) is 3.56. The van der Waals surface area contributed by atoms with E-state index in [9.17, 15) is 9.59 Å². The molecule has 17 heavy (non-hydrogen) atoms. The van der Waals surface area contributed by atoms with E-state index in [1.54, 1.807) is 0 Å². The van der Waals surface area contributed by atoms with Gasteiger partial charge in [-0.15, -0.1) is 5.46 Å². The first-order chi connectivity index (χ1) is 7.70. The van der Waals surface area contributed by atoms with Gasteiger partial charge in [-0.05, 0) is 6.07 Å². The second-order valence-corrected chi connectivity index (χ2v) is 3.56. The fourth-order valence-electron chi connectivity index (χ4n) is 1.27. The van der Waals surface area contributed by atoms with Crippen molar-refractivity contribution < 1.29 is 29.8 Å². The summed E-state index contributed by atoms with van der Waals surface area (Å²) in [6.45, 7) is -2.61. The van der Waals surface area contributed by atoms with Crippen LogP contribution in [-0.2, 0) is 4.79 Å². The number of nitrogens with one attached hydrogen (secondary N) is 1. The van der Waals surface area contributed by atoms with Gasteiger partial charge in [0.05, 0.1) is 5.56 Å². The maximum Gasteiger partial charge on any atom is 0.402 e. The number of hydrogen-bond donors (Lipinski definition) is 5. The quantitative estimate of drug-likeness (QED) is 0.407. The molecule has 0 fully saturated rings. The summed E-state index contributed by atoms with van der Waals surface area (Å²) in [7, 11) is 0. The van der Waals surface area contributed by atoms with Gasteiger partial charge in [0.1, 0.15) is 0 Å². The molecule has 92 valence electrons. The summed E-state index contributed by atoms with van der Waals surface area (Å²) in [6, 6.07) is 3.12. The van der Waals surface area contributed by atoms with E-state index in [-0.39, 0.29) is 11.3 Å². The molecule has 1 amide bonds. The first kappa shape index (κ1) is 13.2. The molecule has 0 bridgehead atoms. The number of aromatic carboxylic acids is 1. The molecule has 0 heterocycles. The van der Waals surface area contributed by atoms with Gasteiger partial charge in [0.2, 0.25) is 5.91 Å². The largest absolute Gasteiger partial charge is 0.556 e. The Bertz CT molecular complexity index is 467. The third-order valence-corrected chi connectivity index (χ3v) is 1.97. The van der Waals surface area contributed by atoms with Crippen molar-refractivity contribution in [1.82, 2.24) is 0 Å². The minimum absolute atomic E-state index is 0.0517. The van der Waals surface area contributed by atoms with Crippen LogP contribution in [-0.4, -0.2) is 38.8 Å². The SMILES string of the molecule is CC(=O)Nc1cc(C(=O)O)cc([B-](O)(O)O)c1. The van der Waals surface area contributed by atoms with E-state index >= 15 is 0 Å². The van der Waals surface area contributed by atoms with E-state index in [1.807, 2.05) is 0 Å². The zero-order valence-electron chi connectivity index (χ0n) is 8.91. The zero-order valence-corrected chi connectivity index (χ0v) is 8.91. The summed E-state index contributed by atoms with van der Waals surface area (Å²) in [6.07, 6.45) is 0. The lowest BCUT2D eigenvalue weighted by Gasteiger charge is -2.22. The zero-order chi connectivity index (χ0) is 13.2. The van der Waals surface area contributed by atoms with Gasteiger partial charge < -0.3 is 25.5 Å². The molecule has 0 aliphatic rings. The number of benzene rings is 1. The van der Waals surface area contributed by atoms with Gasteiger partial charge in [-0.25, -0.2) is 4.79 Å². The lowest BCUT2D eigenvalue weighted by atomic mass is 9.70. The van der Waals surface area contributed by atoms with Crippen LogP contribution >= 0.6 is 0 Å². The lowest BCUT2D eigenvalue weighted by Crippen LogP contribution is -2.49. The van der Waals surface area contributed by atoms with E-state index in [0.717, 1.165) is 18.2 Å². The van der Waals surface area contributed by atoms with Crippen LogP contribution in [0, 0.1) is 0 Å². The Balaban J connectivity index is 3.28. The Kier molecular flexibility index (Phi) is 3.52. The average molecular weight is 240 g/mol. The summed E-state index contributed by atoms with van der Waals surface area (Å²) < 4.78 is 0. The summed E-state index contributed by atoms with van der Waals surface area (Å²) in [5.41, 5.74) is -0.626. The highest BCUT2D eigenvalue weighted by Gasteiger charge is 2.20. The first-order valence-corrected chi connectivity index (χ1v) is 4.68. The molecule has 1 aromatic carbocycles. The second kappa shape index (κ2) is 4.54. The molecule has 0 unspecified atom stereocenters. The van der Waals surface area contributed by atoms with Gasteiger partial charge in [-0.2, -0.15) is 0 Å².